The zero-order valence-electron chi connectivity index (χ0n) is 15.7. The number of carbonyl (C=O) groups excluding carboxylic acids is 2. The van der Waals surface area contributed by atoms with Crippen LogP contribution in [0.15, 0.2) is 0 Å². The molecule has 7 heteroatoms. The number of piperazine rings is 1. The van der Waals surface area contributed by atoms with Crippen molar-refractivity contribution in [3.05, 3.63) is 0 Å². The first kappa shape index (κ1) is 18.0. The van der Waals surface area contributed by atoms with E-state index in [4.69, 9.17) is 4.74 Å². The smallest absolute Gasteiger partial charge is 0.410 e. The number of rotatable bonds is 3. The van der Waals surface area contributed by atoms with Crippen LogP contribution in [0.25, 0.3) is 0 Å². The van der Waals surface area contributed by atoms with Crippen molar-refractivity contribution < 1.29 is 14.3 Å². The Hall–Kier alpha value is -1.34. The second-order valence-corrected chi connectivity index (χ2v) is 8.22. The second-order valence-electron chi connectivity index (χ2n) is 8.22. The summed E-state index contributed by atoms with van der Waals surface area (Å²) in [5.41, 5.74) is 0. The van der Waals surface area contributed by atoms with E-state index in [0.29, 0.717) is 12.5 Å². The number of likely N-dealkylation sites (tertiary alicyclic amines) is 1. The van der Waals surface area contributed by atoms with Gasteiger partial charge >= 0.3 is 6.09 Å². The van der Waals surface area contributed by atoms with Crippen LogP contribution in [0, 0.1) is 0 Å². The lowest BCUT2D eigenvalue weighted by molar-refractivity contribution is -0.124. The SMILES string of the molecule is O=C1CC(N2CCC(OC(=O)N3CCN(C4CCC4)CC3)CC2)CCN1. The monoisotopic (exact) mass is 364 g/mol. The molecule has 4 rings (SSSR count). The minimum Gasteiger partial charge on any atom is -0.446 e. The molecule has 26 heavy (non-hydrogen) atoms. The molecule has 0 spiro atoms. The van der Waals surface area contributed by atoms with Crippen molar-refractivity contribution in [3.63, 3.8) is 0 Å². The molecule has 7 nitrogen and oxygen atoms in total. The molecule has 3 saturated heterocycles. The van der Waals surface area contributed by atoms with E-state index in [1.165, 1.54) is 19.3 Å². The molecular formula is C19H32N4O3. The van der Waals surface area contributed by atoms with E-state index >= 15 is 0 Å². The molecule has 0 aromatic carbocycles. The largest absolute Gasteiger partial charge is 0.446 e. The Labute approximate surface area is 156 Å². The summed E-state index contributed by atoms with van der Waals surface area (Å²) >= 11 is 0. The zero-order chi connectivity index (χ0) is 17.9. The number of ether oxygens (including phenoxy) is 1. The average Bonchev–Trinajstić information content (AvgIpc) is 2.61. The fourth-order valence-corrected chi connectivity index (χ4v) is 4.68. The summed E-state index contributed by atoms with van der Waals surface area (Å²) in [5.74, 6) is 0.163. The molecule has 3 aliphatic heterocycles. The maximum Gasteiger partial charge on any atom is 0.410 e. The van der Waals surface area contributed by atoms with Gasteiger partial charge in [0, 0.05) is 64.3 Å². The number of hydrogen-bond donors (Lipinski definition) is 1. The quantitative estimate of drug-likeness (QED) is 0.811. The van der Waals surface area contributed by atoms with Crippen molar-refractivity contribution in [2.24, 2.45) is 0 Å². The van der Waals surface area contributed by atoms with E-state index < -0.39 is 0 Å². The van der Waals surface area contributed by atoms with Gasteiger partial charge in [-0.1, -0.05) is 6.42 Å². The van der Waals surface area contributed by atoms with Gasteiger partial charge in [-0.05, 0) is 32.1 Å². The number of nitrogens with one attached hydrogen (secondary N) is 1. The van der Waals surface area contributed by atoms with Crippen LogP contribution < -0.4 is 5.32 Å². The Balaban J connectivity index is 1.17. The summed E-state index contributed by atoms with van der Waals surface area (Å²) in [5, 5.41) is 2.90. The molecule has 0 radical (unpaired) electrons. The molecule has 4 aliphatic rings. The van der Waals surface area contributed by atoms with Gasteiger partial charge in [-0.25, -0.2) is 4.79 Å². The highest BCUT2D eigenvalue weighted by Crippen LogP contribution is 2.26. The van der Waals surface area contributed by atoms with Gasteiger partial charge in [0.25, 0.3) is 0 Å². The van der Waals surface area contributed by atoms with E-state index in [1.807, 2.05) is 4.90 Å². The van der Waals surface area contributed by atoms with Crippen LogP contribution >= 0.6 is 0 Å². The van der Waals surface area contributed by atoms with Crippen LogP contribution in [0.3, 0.4) is 0 Å². The fourth-order valence-electron chi connectivity index (χ4n) is 4.68. The van der Waals surface area contributed by atoms with Crippen molar-refractivity contribution in [1.29, 1.82) is 0 Å². The van der Waals surface area contributed by atoms with Gasteiger partial charge in [-0.2, -0.15) is 0 Å². The molecule has 1 saturated carbocycles. The molecule has 1 atom stereocenters. The summed E-state index contributed by atoms with van der Waals surface area (Å²) < 4.78 is 5.79. The molecule has 4 fully saturated rings. The van der Waals surface area contributed by atoms with Gasteiger partial charge in [-0.3, -0.25) is 14.6 Å². The molecule has 0 bridgehead atoms. The summed E-state index contributed by atoms with van der Waals surface area (Å²) in [6.07, 6.45) is 7.30. The maximum atomic E-state index is 12.5. The average molecular weight is 364 g/mol. The first-order valence-electron chi connectivity index (χ1n) is 10.4. The number of nitrogens with zero attached hydrogens (tertiary/aromatic N) is 3. The molecule has 0 aromatic heterocycles. The summed E-state index contributed by atoms with van der Waals surface area (Å²) in [6, 6.07) is 1.12. The Morgan fingerprint density at radius 2 is 1.58 bits per heavy atom. The molecule has 146 valence electrons. The van der Waals surface area contributed by atoms with Crippen LogP contribution in [-0.4, -0.2) is 90.7 Å². The van der Waals surface area contributed by atoms with Crippen LogP contribution in [0.1, 0.15) is 44.9 Å². The normalized spacial score (nSPS) is 29.9. The van der Waals surface area contributed by atoms with E-state index in [0.717, 1.165) is 71.1 Å². The first-order valence-corrected chi connectivity index (χ1v) is 10.4. The minimum absolute atomic E-state index is 0.0285. The molecular weight excluding hydrogens is 332 g/mol. The van der Waals surface area contributed by atoms with Crippen LogP contribution in [0.2, 0.25) is 0 Å². The highest BCUT2D eigenvalue weighted by atomic mass is 16.6. The van der Waals surface area contributed by atoms with Gasteiger partial charge < -0.3 is 15.0 Å². The van der Waals surface area contributed by atoms with Crippen molar-refractivity contribution in [2.45, 2.75) is 63.1 Å². The van der Waals surface area contributed by atoms with Gasteiger partial charge in [0.05, 0.1) is 0 Å². The third-order valence-corrected chi connectivity index (χ3v) is 6.64. The molecule has 1 N–H and O–H groups in total. The third kappa shape index (κ3) is 4.14. The van der Waals surface area contributed by atoms with Gasteiger partial charge in [-0.15, -0.1) is 0 Å². The van der Waals surface area contributed by atoms with E-state index in [9.17, 15) is 9.59 Å². The van der Waals surface area contributed by atoms with Crippen LogP contribution in [0.4, 0.5) is 4.79 Å². The standard InChI is InChI=1S/C19H32N4O3/c24-18-14-16(4-7-20-18)21-8-5-17(6-9-21)26-19(25)23-12-10-22(11-13-23)15-2-1-3-15/h15-17H,1-14H2,(H,20,24). The number of carbonyl (C=O) groups is 2. The number of piperidine rings is 2. The molecule has 3 heterocycles. The van der Waals surface area contributed by atoms with Crippen molar-refractivity contribution >= 4 is 12.0 Å². The lowest BCUT2D eigenvalue weighted by atomic mass is 9.91. The molecule has 0 aromatic rings. The summed E-state index contributed by atoms with van der Waals surface area (Å²) in [4.78, 5) is 30.9. The molecule has 1 aliphatic carbocycles. The number of amides is 2. The topological polar surface area (TPSA) is 65.1 Å². The Morgan fingerprint density at radius 1 is 0.885 bits per heavy atom. The first-order chi connectivity index (χ1) is 12.7. The lowest BCUT2D eigenvalue weighted by Gasteiger charge is -2.43. The fraction of sp³-hybridized carbons (Fsp3) is 0.895. The van der Waals surface area contributed by atoms with Crippen molar-refractivity contribution in [1.82, 2.24) is 20.0 Å². The zero-order valence-corrected chi connectivity index (χ0v) is 15.7. The van der Waals surface area contributed by atoms with Gasteiger partial charge in [0.15, 0.2) is 0 Å². The summed E-state index contributed by atoms with van der Waals surface area (Å²) in [6.45, 7) is 6.20. The highest BCUT2D eigenvalue weighted by Gasteiger charge is 2.33. The second kappa shape index (κ2) is 8.13. The minimum atomic E-state index is -0.131. The third-order valence-electron chi connectivity index (χ3n) is 6.64. The highest BCUT2D eigenvalue weighted by molar-refractivity contribution is 5.77. The predicted octanol–water partition coefficient (Wildman–Crippen LogP) is 1.04. The molecule has 1 unspecified atom stereocenters. The van der Waals surface area contributed by atoms with E-state index in [1.54, 1.807) is 0 Å². The van der Waals surface area contributed by atoms with Gasteiger partial charge in [0.1, 0.15) is 6.10 Å². The van der Waals surface area contributed by atoms with Crippen LogP contribution in [-0.2, 0) is 9.53 Å². The number of hydrogen-bond acceptors (Lipinski definition) is 5. The lowest BCUT2D eigenvalue weighted by Crippen LogP contribution is -2.54. The Morgan fingerprint density at radius 3 is 2.19 bits per heavy atom. The van der Waals surface area contributed by atoms with E-state index in [2.05, 4.69) is 15.1 Å². The Bertz CT molecular complexity index is 509. The summed E-state index contributed by atoms with van der Waals surface area (Å²) in [7, 11) is 0. The molecule has 2 amide bonds. The predicted molar refractivity (Wildman–Crippen MR) is 97.9 cm³/mol. The van der Waals surface area contributed by atoms with Crippen LogP contribution in [0.5, 0.6) is 0 Å². The van der Waals surface area contributed by atoms with Crippen molar-refractivity contribution in [3.8, 4) is 0 Å². The van der Waals surface area contributed by atoms with E-state index in [-0.39, 0.29) is 18.1 Å². The van der Waals surface area contributed by atoms with Crippen molar-refractivity contribution in [2.75, 3.05) is 45.8 Å². The Kier molecular flexibility index (Phi) is 5.64. The maximum absolute atomic E-state index is 12.5. The van der Waals surface area contributed by atoms with Gasteiger partial charge in [0.2, 0.25) is 5.91 Å².